The molecule has 0 aliphatic carbocycles. The van der Waals surface area contributed by atoms with Gasteiger partial charge in [0, 0.05) is 16.7 Å². The van der Waals surface area contributed by atoms with Gasteiger partial charge < -0.3 is 5.73 Å². The molecule has 0 saturated heterocycles. The van der Waals surface area contributed by atoms with Gasteiger partial charge in [0.05, 0.1) is 5.69 Å². The minimum Gasteiger partial charge on any atom is -0.399 e. The average molecular weight is 290 g/mol. The SMILES string of the molecule is CC(C)(C)c1[nH]n2nc(-c3cccc(N)c3)nc2c1Cl. The van der Waals surface area contributed by atoms with Crippen LogP contribution in [0.4, 0.5) is 5.69 Å². The third-order valence-electron chi connectivity index (χ3n) is 3.14. The Hall–Kier alpha value is -2.01. The Bertz CT molecular complexity index is 779. The topological polar surface area (TPSA) is 72.0 Å². The lowest BCUT2D eigenvalue weighted by atomic mass is 9.92. The fourth-order valence-corrected chi connectivity index (χ4v) is 2.54. The molecule has 0 atom stereocenters. The van der Waals surface area contributed by atoms with Crippen LogP contribution in [0, 0.1) is 0 Å². The molecular weight excluding hydrogens is 274 g/mol. The van der Waals surface area contributed by atoms with Crippen molar-refractivity contribution in [2.75, 3.05) is 5.73 Å². The van der Waals surface area contributed by atoms with E-state index in [1.807, 2.05) is 24.3 Å². The van der Waals surface area contributed by atoms with Crippen molar-refractivity contribution in [2.24, 2.45) is 0 Å². The Balaban J connectivity index is 2.14. The number of nitrogen functional groups attached to an aromatic ring is 1. The zero-order chi connectivity index (χ0) is 14.5. The number of hydrogen-bond acceptors (Lipinski definition) is 3. The summed E-state index contributed by atoms with van der Waals surface area (Å²) in [5, 5.41) is 8.23. The lowest BCUT2D eigenvalue weighted by molar-refractivity contribution is 0.557. The zero-order valence-electron chi connectivity index (χ0n) is 11.6. The second-order valence-electron chi connectivity index (χ2n) is 5.85. The van der Waals surface area contributed by atoms with Gasteiger partial charge in [0.25, 0.3) is 0 Å². The monoisotopic (exact) mass is 289 g/mol. The summed E-state index contributed by atoms with van der Waals surface area (Å²) < 4.78 is 1.61. The molecule has 0 spiro atoms. The van der Waals surface area contributed by atoms with E-state index in [1.165, 1.54) is 0 Å². The van der Waals surface area contributed by atoms with Gasteiger partial charge in [-0.15, -0.1) is 5.10 Å². The maximum Gasteiger partial charge on any atom is 0.194 e. The number of rotatable bonds is 1. The Morgan fingerprint density at radius 1 is 1.30 bits per heavy atom. The molecule has 0 bridgehead atoms. The van der Waals surface area contributed by atoms with Crippen molar-refractivity contribution >= 4 is 22.9 Å². The third-order valence-corrected chi connectivity index (χ3v) is 3.49. The van der Waals surface area contributed by atoms with Crippen LogP contribution >= 0.6 is 11.6 Å². The molecule has 104 valence electrons. The molecule has 2 heterocycles. The van der Waals surface area contributed by atoms with Gasteiger partial charge in [0.2, 0.25) is 0 Å². The van der Waals surface area contributed by atoms with Crippen LogP contribution in [0.2, 0.25) is 5.02 Å². The van der Waals surface area contributed by atoms with E-state index in [2.05, 4.69) is 36.0 Å². The quantitative estimate of drug-likeness (QED) is 0.675. The van der Waals surface area contributed by atoms with Crippen LogP contribution < -0.4 is 5.73 Å². The van der Waals surface area contributed by atoms with Gasteiger partial charge in [-0.3, -0.25) is 5.10 Å². The van der Waals surface area contributed by atoms with E-state index in [4.69, 9.17) is 17.3 Å². The molecule has 3 N–H and O–H groups in total. The number of halogens is 1. The zero-order valence-corrected chi connectivity index (χ0v) is 12.4. The first-order valence-corrected chi connectivity index (χ1v) is 6.75. The smallest absolute Gasteiger partial charge is 0.194 e. The first-order chi connectivity index (χ1) is 9.36. The predicted molar refractivity (Wildman–Crippen MR) is 80.9 cm³/mol. The molecule has 0 radical (unpaired) electrons. The summed E-state index contributed by atoms with van der Waals surface area (Å²) >= 11 is 6.39. The van der Waals surface area contributed by atoms with E-state index >= 15 is 0 Å². The lowest BCUT2D eigenvalue weighted by Crippen LogP contribution is -2.12. The van der Waals surface area contributed by atoms with E-state index in [0.29, 0.717) is 22.2 Å². The van der Waals surface area contributed by atoms with Crippen LogP contribution in [0.5, 0.6) is 0 Å². The first kappa shape index (κ1) is 13.0. The maximum absolute atomic E-state index is 6.39. The van der Waals surface area contributed by atoms with E-state index in [-0.39, 0.29) is 5.41 Å². The summed E-state index contributed by atoms with van der Waals surface area (Å²) in [5.41, 5.74) is 8.81. The third kappa shape index (κ3) is 2.04. The van der Waals surface area contributed by atoms with Crippen LogP contribution in [0.15, 0.2) is 24.3 Å². The lowest BCUT2D eigenvalue weighted by Gasteiger charge is -2.16. The number of aromatic nitrogens is 4. The molecule has 2 aromatic heterocycles. The van der Waals surface area contributed by atoms with Crippen molar-refractivity contribution in [3.05, 3.63) is 35.0 Å². The molecule has 6 heteroatoms. The van der Waals surface area contributed by atoms with Gasteiger partial charge in [0.1, 0.15) is 5.02 Å². The predicted octanol–water partition coefficient (Wildman–Crippen LogP) is 3.26. The number of nitrogens with one attached hydrogen (secondary N) is 1. The Morgan fingerprint density at radius 2 is 2.05 bits per heavy atom. The average Bonchev–Trinajstić information content (AvgIpc) is 2.89. The molecule has 0 aliphatic heterocycles. The largest absolute Gasteiger partial charge is 0.399 e. The normalized spacial score (nSPS) is 12.2. The van der Waals surface area contributed by atoms with E-state index in [1.54, 1.807) is 4.63 Å². The highest BCUT2D eigenvalue weighted by molar-refractivity contribution is 6.34. The van der Waals surface area contributed by atoms with E-state index < -0.39 is 0 Å². The van der Waals surface area contributed by atoms with Crippen LogP contribution in [0.1, 0.15) is 26.5 Å². The minimum absolute atomic E-state index is 0.0865. The Kier molecular flexibility index (Phi) is 2.76. The van der Waals surface area contributed by atoms with E-state index in [9.17, 15) is 0 Å². The summed E-state index contributed by atoms with van der Waals surface area (Å²) in [7, 11) is 0. The number of hydrogen-bond donors (Lipinski definition) is 2. The summed E-state index contributed by atoms with van der Waals surface area (Å²) in [6.45, 7) is 6.26. The molecule has 3 rings (SSSR count). The number of aromatic amines is 1. The van der Waals surface area contributed by atoms with Crippen molar-refractivity contribution in [3.8, 4) is 11.4 Å². The highest BCUT2D eigenvalue weighted by atomic mass is 35.5. The fraction of sp³-hybridized carbons (Fsp3) is 0.286. The standard InChI is InChI=1S/C14H16ClN5/c1-14(2,3)11-10(15)13-17-12(19-20(13)18-11)8-5-4-6-9(16)7-8/h4-7,18H,16H2,1-3H3. The van der Waals surface area contributed by atoms with Crippen LogP contribution in [0.25, 0.3) is 17.0 Å². The Labute approximate surface area is 121 Å². The van der Waals surface area contributed by atoms with Crippen molar-refractivity contribution in [2.45, 2.75) is 26.2 Å². The molecule has 1 aromatic carbocycles. The molecule has 20 heavy (non-hydrogen) atoms. The summed E-state index contributed by atoms with van der Waals surface area (Å²) in [4.78, 5) is 4.49. The second kappa shape index (κ2) is 4.24. The number of nitrogens with two attached hydrogens (primary N) is 1. The van der Waals surface area contributed by atoms with Gasteiger partial charge in [-0.1, -0.05) is 44.5 Å². The van der Waals surface area contributed by atoms with Crippen molar-refractivity contribution < 1.29 is 0 Å². The van der Waals surface area contributed by atoms with Crippen LogP contribution in [-0.2, 0) is 5.41 Å². The molecule has 0 amide bonds. The molecular formula is C14H16ClN5. The van der Waals surface area contributed by atoms with E-state index in [0.717, 1.165) is 11.3 Å². The highest BCUT2D eigenvalue weighted by Gasteiger charge is 2.24. The summed E-state index contributed by atoms with van der Waals surface area (Å²) in [5.74, 6) is 0.603. The number of H-pyrrole nitrogens is 1. The maximum atomic E-state index is 6.39. The van der Waals surface area contributed by atoms with Crippen LogP contribution in [-0.4, -0.2) is 19.8 Å². The fourth-order valence-electron chi connectivity index (χ4n) is 2.10. The number of benzene rings is 1. The second-order valence-corrected chi connectivity index (χ2v) is 6.23. The molecule has 0 aliphatic rings. The molecule has 5 nitrogen and oxygen atoms in total. The van der Waals surface area contributed by atoms with Gasteiger partial charge >= 0.3 is 0 Å². The summed E-state index contributed by atoms with van der Waals surface area (Å²) in [6.07, 6.45) is 0. The molecule has 0 unspecified atom stereocenters. The van der Waals surface area contributed by atoms with Crippen LogP contribution in [0.3, 0.4) is 0 Å². The molecule has 0 saturated carbocycles. The number of fused-ring (bicyclic) bond motifs is 1. The number of anilines is 1. The van der Waals surface area contributed by atoms with Gasteiger partial charge in [-0.05, 0) is 12.1 Å². The van der Waals surface area contributed by atoms with Crippen molar-refractivity contribution in [3.63, 3.8) is 0 Å². The Morgan fingerprint density at radius 3 is 2.65 bits per heavy atom. The van der Waals surface area contributed by atoms with Gasteiger partial charge in [-0.2, -0.15) is 4.63 Å². The molecule has 3 aromatic rings. The van der Waals surface area contributed by atoms with Gasteiger partial charge in [-0.25, -0.2) is 4.98 Å². The number of nitrogens with zero attached hydrogens (tertiary/aromatic N) is 3. The van der Waals surface area contributed by atoms with Crippen molar-refractivity contribution in [1.29, 1.82) is 0 Å². The van der Waals surface area contributed by atoms with Crippen molar-refractivity contribution in [1.82, 2.24) is 19.8 Å². The minimum atomic E-state index is -0.0865. The summed E-state index contributed by atoms with van der Waals surface area (Å²) in [6, 6.07) is 7.47. The molecule has 0 fully saturated rings. The first-order valence-electron chi connectivity index (χ1n) is 6.37. The highest BCUT2D eigenvalue weighted by Crippen LogP contribution is 2.31. The van der Waals surface area contributed by atoms with Gasteiger partial charge in [0.15, 0.2) is 11.5 Å².